The highest BCUT2D eigenvalue weighted by molar-refractivity contribution is 5.95. The van der Waals surface area contributed by atoms with E-state index in [1.54, 1.807) is 22.9 Å². The lowest BCUT2D eigenvalue weighted by Crippen LogP contribution is -2.27. The van der Waals surface area contributed by atoms with Crippen LogP contribution in [0.4, 0.5) is 0 Å². The standard InChI is InChI=1S/C29H29N5O4/c1-2-30-28(35)21-13-16-24(26(17-21)38-18-20-9-5-3-6-10-20)34-25(19-37-23-11-7-4-8-12-23)27(32-33-34)29(36)31-22-14-15-22/h3-13,16-17,22H,2,14-15,18-19H2,1H3,(H,30,35)(H,31,36). The molecule has 4 aromatic rings. The van der Waals surface area contributed by atoms with Gasteiger partial charge in [0.15, 0.2) is 5.69 Å². The highest BCUT2D eigenvalue weighted by atomic mass is 16.5. The van der Waals surface area contributed by atoms with E-state index in [9.17, 15) is 9.59 Å². The molecule has 1 fully saturated rings. The minimum absolute atomic E-state index is 0.0562. The molecule has 0 saturated heterocycles. The van der Waals surface area contributed by atoms with E-state index in [-0.39, 0.29) is 36.8 Å². The normalized spacial score (nSPS) is 12.6. The van der Waals surface area contributed by atoms with Gasteiger partial charge in [-0.05, 0) is 55.7 Å². The van der Waals surface area contributed by atoms with Gasteiger partial charge in [-0.2, -0.15) is 0 Å². The smallest absolute Gasteiger partial charge is 0.274 e. The van der Waals surface area contributed by atoms with Crippen molar-refractivity contribution in [1.82, 2.24) is 25.6 Å². The molecule has 9 heteroatoms. The molecule has 3 aromatic carbocycles. The third kappa shape index (κ3) is 6.00. The Bertz CT molecular complexity index is 1400. The fourth-order valence-electron chi connectivity index (χ4n) is 3.89. The summed E-state index contributed by atoms with van der Waals surface area (Å²) in [4.78, 5) is 25.6. The molecule has 194 valence electrons. The van der Waals surface area contributed by atoms with Crippen molar-refractivity contribution in [2.24, 2.45) is 0 Å². The Hall–Kier alpha value is -4.66. The van der Waals surface area contributed by atoms with Crippen LogP contribution in [0.1, 0.15) is 51.9 Å². The minimum Gasteiger partial charge on any atom is -0.487 e. The van der Waals surface area contributed by atoms with Crippen molar-refractivity contribution >= 4 is 11.8 Å². The van der Waals surface area contributed by atoms with Crippen LogP contribution in [0, 0.1) is 0 Å². The van der Waals surface area contributed by atoms with Crippen LogP contribution < -0.4 is 20.1 Å². The molecule has 38 heavy (non-hydrogen) atoms. The number of carbonyl (C=O) groups is 2. The van der Waals surface area contributed by atoms with E-state index < -0.39 is 0 Å². The number of benzene rings is 3. The molecule has 1 heterocycles. The number of hydrogen-bond donors (Lipinski definition) is 2. The molecule has 0 radical (unpaired) electrons. The highest BCUT2D eigenvalue weighted by Gasteiger charge is 2.29. The number of hydrogen-bond acceptors (Lipinski definition) is 6. The number of amides is 2. The van der Waals surface area contributed by atoms with Crippen LogP contribution in [0.5, 0.6) is 11.5 Å². The van der Waals surface area contributed by atoms with Crippen molar-refractivity contribution in [2.75, 3.05) is 6.54 Å². The number of nitrogens with one attached hydrogen (secondary N) is 2. The van der Waals surface area contributed by atoms with Gasteiger partial charge in [0.25, 0.3) is 11.8 Å². The number of carbonyl (C=O) groups excluding carboxylic acids is 2. The van der Waals surface area contributed by atoms with E-state index in [4.69, 9.17) is 9.47 Å². The van der Waals surface area contributed by atoms with Gasteiger partial charge in [0.2, 0.25) is 0 Å². The fourth-order valence-corrected chi connectivity index (χ4v) is 3.89. The zero-order valence-corrected chi connectivity index (χ0v) is 21.1. The topological polar surface area (TPSA) is 107 Å². The molecule has 0 atom stereocenters. The molecule has 9 nitrogen and oxygen atoms in total. The second kappa shape index (κ2) is 11.6. The second-order valence-corrected chi connectivity index (χ2v) is 8.96. The van der Waals surface area contributed by atoms with E-state index in [2.05, 4.69) is 20.9 Å². The molecule has 1 aliphatic rings. The summed E-state index contributed by atoms with van der Waals surface area (Å²) in [5.41, 5.74) is 2.63. The summed E-state index contributed by atoms with van der Waals surface area (Å²) in [6, 6.07) is 24.4. The molecular weight excluding hydrogens is 482 g/mol. The van der Waals surface area contributed by atoms with Crippen molar-refractivity contribution < 1.29 is 19.1 Å². The summed E-state index contributed by atoms with van der Waals surface area (Å²) in [7, 11) is 0. The molecule has 1 saturated carbocycles. The van der Waals surface area contributed by atoms with E-state index in [0.717, 1.165) is 18.4 Å². The monoisotopic (exact) mass is 511 g/mol. The predicted octanol–water partition coefficient (Wildman–Crippen LogP) is 4.07. The van der Waals surface area contributed by atoms with Gasteiger partial charge >= 0.3 is 0 Å². The molecule has 2 amide bonds. The number of para-hydroxylation sites is 1. The molecule has 1 aliphatic carbocycles. The summed E-state index contributed by atoms with van der Waals surface area (Å²) in [6.45, 7) is 2.71. The summed E-state index contributed by atoms with van der Waals surface area (Å²) >= 11 is 0. The largest absolute Gasteiger partial charge is 0.487 e. The maximum absolute atomic E-state index is 13.0. The zero-order valence-electron chi connectivity index (χ0n) is 21.1. The van der Waals surface area contributed by atoms with Crippen molar-refractivity contribution in [3.05, 3.63) is 101 Å². The predicted molar refractivity (Wildman–Crippen MR) is 141 cm³/mol. The van der Waals surface area contributed by atoms with Gasteiger partial charge < -0.3 is 20.1 Å². The first-order chi connectivity index (χ1) is 18.6. The summed E-state index contributed by atoms with van der Waals surface area (Å²) in [5.74, 6) is 0.578. The molecular formula is C29H29N5O4. The summed E-state index contributed by atoms with van der Waals surface area (Å²) in [5, 5.41) is 14.3. The second-order valence-electron chi connectivity index (χ2n) is 8.96. The quantitative estimate of drug-likeness (QED) is 0.314. The van der Waals surface area contributed by atoms with Crippen LogP contribution >= 0.6 is 0 Å². The molecule has 0 unspecified atom stereocenters. The molecule has 1 aromatic heterocycles. The van der Waals surface area contributed by atoms with Crippen molar-refractivity contribution in [3.63, 3.8) is 0 Å². The Kier molecular flexibility index (Phi) is 7.63. The van der Waals surface area contributed by atoms with E-state index in [0.29, 0.717) is 35.0 Å². The van der Waals surface area contributed by atoms with Crippen LogP contribution in [0.25, 0.3) is 5.69 Å². The van der Waals surface area contributed by atoms with Crippen LogP contribution in [0.2, 0.25) is 0 Å². The van der Waals surface area contributed by atoms with Crippen molar-refractivity contribution in [3.8, 4) is 17.2 Å². The summed E-state index contributed by atoms with van der Waals surface area (Å²) < 4.78 is 13.7. The zero-order chi connectivity index (χ0) is 26.3. The number of nitrogens with zero attached hydrogens (tertiary/aromatic N) is 3. The third-order valence-corrected chi connectivity index (χ3v) is 6.03. The maximum Gasteiger partial charge on any atom is 0.274 e. The van der Waals surface area contributed by atoms with Crippen LogP contribution in [-0.4, -0.2) is 39.4 Å². The van der Waals surface area contributed by atoms with Crippen LogP contribution in [0.15, 0.2) is 78.9 Å². The van der Waals surface area contributed by atoms with Gasteiger partial charge in [-0.25, -0.2) is 4.68 Å². The summed E-state index contributed by atoms with van der Waals surface area (Å²) in [6.07, 6.45) is 1.91. The Morgan fingerprint density at radius 1 is 0.921 bits per heavy atom. The van der Waals surface area contributed by atoms with E-state index in [1.807, 2.05) is 67.6 Å². The van der Waals surface area contributed by atoms with Gasteiger partial charge in [-0.1, -0.05) is 53.7 Å². The molecule has 5 rings (SSSR count). The number of ether oxygens (including phenoxy) is 2. The molecule has 0 spiro atoms. The van der Waals surface area contributed by atoms with Crippen LogP contribution in [0.3, 0.4) is 0 Å². The van der Waals surface area contributed by atoms with Gasteiger partial charge in [-0.3, -0.25) is 9.59 Å². The Morgan fingerprint density at radius 3 is 2.37 bits per heavy atom. The fraction of sp³-hybridized carbons (Fsp3) is 0.241. The molecule has 2 N–H and O–H groups in total. The Labute approximate surface area is 220 Å². The molecule has 0 aliphatic heterocycles. The first kappa shape index (κ1) is 25.0. The van der Waals surface area contributed by atoms with Gasteiger partial charge in [-0.15, -0.1) is 5.10 Å². The lowest BCUT2D eigenvalue weighted by Gasteiger charge is -2.15. The number of aromatic nitrogens is 3. The lowest BCUT2D eigenvalue weighted by molar-refractivity contribution is 0.0939. The maximum atomic E-state index is 13.0. The Morgan fingerprint density at radius 2 is 1.66 bits per heavy atom. The third-order valence-electron chi connectivity index (χ3n) is 6.03. The van der Waals surface area contributed by atoms with Gasteiger partial charge in [0, 0.05) is 18.2 Å². The Balaban J connectivity index is 1.52. The SMILES string of the molecule is CCNC(=O)c1ccc(-n2nnc(C(=O)NC3CC3)c2COc2ccccc2)c(OCc2ccccc2)c1. The average molecular weight is 512 g/mol. The highest BCUT2D eigenvalue weighted by Crippen LogP contribution is 2.28. The van der Waals surface area contributed by atoms with Crippen molar-refractivity contribution in [1.29, 1.82) is 0 Å². The van der Waals surface area contributed by atoms with Gasteiger partial charge in [0.1, 0.15) is 36.1 Å². The van der Waals surface area contributed by atoms with Crippen LogP contribution in [-0.2, 0) is 13.2 Å². The number of rotatable bonds is 11. The van der Waals surface area contributed by atoms with Crippen molar-refractivity contribution in [2.45, 2.75) is 39.0 Å². The minimum atomic E-state index is -0.295. The van der Waals surface area contributed by atoms with Gasteiger partial charge in [0.05, 0.1) is 0 Å². The molecule has 0 bridgehead atoms. The van der Waals surface area contributed by atoms with E-state index >= 15 is 0 Å². The first-order valence-corrected chi connectivity index (χ1v) is 12.6. The first-order valence-electron chi connectivity index (χ1n) is 12.6. The lowest BCUT2D eigenvalue weighted by atomic mass is 10.1. The average Bonchev–Trinajstić information content (AvgIpc) is 3.67. The van der Waals surface area contributed by atoms with E-state index in [1.165, 1.54) is 0 Å².